The molecule has 4 nitrogen and oxygen atoms in total. The van der Waals surface area contributed by atoms with E-state index in [9.17, 15) is 9.59 Å². The van der Waals surface area contributed by atoms with Gasteiger partial charge in [0.15, 0.2) is 0 Å². The van der Waals surface area contributed by atoms with Crippen LogP contribution < -0.4 is 0 Å². The molecule has 0 atom stereocenters. The zero-order valence-electron chi connectivity index (χ0n) is 9.15. The van der Waals surface area contributed by atoms with Crippen molar-refractivity contribution in [2.45, 2.75) is 33.1 Å². The van der Waals surface area contributed by atoms with E-state index in [1.165, 1.54) is 19.4 Å². The van der Waals surface area contributed by atoms with Crippen molar-refractivity contribution in [3.05, 3.63) is 0 Å². The van der Waals surface area contributed by atoms with E-state index >= 15 is 0 Å². The van der Waals surface area contributed by atoms with Crippen LogP contribution in [0.2, 0.25) is 0 Å². The molecule has 84 valence electrons. The van der Waals surface area contributed by atoms with Gasteiger partial charge in [-0.15, -0.1) is 0 Å². The van der Waals surface area contributed by atoms with Crippen LogP contribution in [0.1, 0.15) is 33.1 Å². The second kappa shape index (κ2) is 5.55. The topological polar surface area (TPSA) is 40.6 Å². The Hall–Kier alpha value is -0.502. The van der Waals surface area contributed by atoms with Gasteiger partial charge in [-0.3, -0.25) is 0 Å². The molecule has 0 aliphatic carbocycles. The first-order valence-electron chi connectivity index (χ1n) is 5.15. The summed E-state index contributed by atoms with van der Waals surface area (Å²) >= 11 is 1.28. The van der Waals surface area contributed by atoms with E-state index in [1.807, 2.05) is 0 Å². The number of rotatable bonds is 3. The van der Waals surface area contributed by atoms with Gasteiger partial charge in [0.25, 0.3) is 0 Å². The van der Waals surface area contributed by atoms with Crippen molar-refractivity contribution in [1.82, 2.24) is 9.80 Å². The van der Waals surface area contributed by atoms with Crippen LogP contribution in [0.3, 0.4) is 0 Å². The Morgan fingerprint density at radius 3 is 2.60 bits per heavy atom. The standard InChI is InChI=1S/C10H16N2O2.W/c1-3-4-5-10(14)12-7-6-11(8-12)9(2)13;/h3-6,8H2,1-2H3;. The van der Waals surface area contributed by atoms with Gasteiger partial charge in [0.05, 0.1) is 0 Å². The van der Waals surface area contributed by atoms with Crippen molar-refractivity contribution in [3.63, 3.8) is 0 Å². The molecule has 1 rings (SSSR count). The van der Waals surface area contributed by atoms with Gasteiger partial charge in [-0.25, -0.2) is 0 Å². The predicted octanol–water partition coefficient (Wildman–Crippen LogP) is 0.502. The van der Waals surface area contributed by atoms with Gasteiger partial charge in [0.2, 0.25) is 0 Å². The SMILES string of the molecule is CCCCC(=O)N1CN(C(C)=O)C[C]1=[W]. The summed E-state index contributed by atoms with van der Waals surface area (Å²) in [5.74, 6) is 0.199. The fourth-order valence-corrected chi connectivity index (χ4v) is 2.57. The van der Waals surface area contributed by atoms with Crippen molar-refractivity contribution in [3.8, 4) is 0 Å². The Morgan fingerprint density at radius 2 is 2.13 bits per heavy atom. The monoisotopic (exact) mass is 380 g/mol. The van der Waals surface area contributed by atoms with Gasteiger partial charge in [-0.2, -0.15) is 0 Å². The van der Waals surface area contributed by atoms with E-state index in [0.29, 0.717) is 19.6 Å². The zero-order chi connectivity index (χ0) is 11.4. The van der Waals surface area contributed by atoms with Crippen LogP contribution in [0, 0.1) is 0 Å². The minimum absolute atomic E-state index is 0.0412. The van der Waals surface area contributed by atoms with Crippen molar-refractivity contribution in [1.29, 1.82) is 0 Å². The fourth-order valence-electron chi connectivity index (χ4n) is 1.44. The predicted molar refractivity (Wildman–Crippen MR) is 53.6 cm³/mol. The molecule has 0 bridgehead atoms. The van der Waals surface area contributed by atoms with Gasteiger partial charge in [-0.05, 0) is 0 Å². The van der Waals surface area contributed by atoms with Gasteiger partial charge < -0.3 is 0 Å². The molecule has 0 aromatic rings. The van der Waals surface area contributed by atoms with Crippen LogP contribution in [0.15, 0.2) is 0 Å². The Balaban J connectivity index is 2.53. The molecule has 0 radical (unpaired) electrons. The van der Waals surface area contributed by atoms with Crippen molar-refractivity contribution < 1.29 is 28.9 Å². The van der Waals surface area contributed by atoms with Crippen LogP contribution >= 0.6 is 0 Å². The van der Waals surface area contributed by atoms with E-state index in [2.05, 4.69) is 6.92 Å². The quantitative estimate of drug-likeness (QED) is 0.716. The second-order valence-electron chi connectivity index (χ2n) is 3.68. The normalized spacial score (nSPS) is 16.0. The summed E-state index contributed by atoms with van der Waals surface area (Å²) in [6.45, 7) is 4.70. The first-order valence-corrected chi connectivity index (χ1v) is 6.61. The third kappa shape index (κ3) is 3.23. The number of carbonyl (C=O) groups excluding carboxylic acids is 2. The first kappa shape index (κ1) is 12.6. The van der Waals surface area contributed by atoms with E-state index in [1.54, 1.807) is 16.7 Å². The molecular weight excluding hydrogens is 364 g/mol. The Kier molecular flexibility index (Phi) is 4.65. The Bertz CT molecular complexity index is 291. The summed E-state index contributed by atoms with van der Waals surface area (Å²) < 4.78 is 1.06. The van der Waals surface area contributed by atoms with Crippen molar-refractivity contribution in [2.75, 3.05) is 13.2 Å². The van der Waals surface area contributed by atoms with Gasteiger partial charge in [0.1, 0.15) is 0 Å². The second-order valence-corrected chi connectivity index (χ2v) is 5.37. The first-order chi connectivity index (χ1) is 7.06. The van der Waals surface area contributed by atoms with Crippen LogP contribution in [0.5, 0.6) is 0 Å². The molecule has 2 amide bonds. The molecule has 0 aromatic carbocycles. The molecule has 0 spiro atoms. The molecule has 1 heterocycles. The van der Waals surface area contributed by atoms with E-state index < -0.39 is 0 Å². The summed E-state index contributed by atoms with van der Waals surface area (Å²) in [5.41, 5.74) is 0. The molecule has 1 aliphatic heterocycles. The van der Waals surface area contributed by atoms with Gasteiger partial charge in [0, 0.05) is 0 Å². The van der Waals surface area contributed by atoms with Crippen LogP contribution in [0.4, 0.5) is 0 Å². The maximum absolute atomic E-state index is 11.8. The maximum atomic E-state index is 11.8. The van der Waals surface area contributed by atoms with E-state index in [4.69, 9.17) is 0 Å². The summed E-state index contributed by atoms with van der Waals surface area (Å²) in [6, 6.07) is 0. The summed E-state index contributed by atoms with van der Waals surface area (Å²) in [7, 11) is 0. The summed E-state index contributed by atoms with van der Waals surface area (Å²) in [6.07, 6.45) is 2.55. The number of hydrogen-bond donors (Lipinski definition) is 0. The molecule has 1 fully saturated rings. The third-order valence-electron chi connectivity index (χ3n) is 2.43. The molecular formula is C10H16N2O2W. The van der Waals surface area contributed by atoms with E-state index in [-0.39, 0.29) is 11.8 Å². The average molecular weight is 380 g/mol. The number of hydrogen-bond acceptors (Lipinski definition) is 2. The van der Waals surface area contributed by atoms with Crippen LogP contribution in [-0.2, 0) is 28.9 Å². The molecule has 0 saturated carbocycles. The Morgan fingerprint density at radius 1 is 1.47 bits per heavy atom. The van der Waals surface area contributed by atoms with Crippen LogP contribution in [0.25, 0.3) is 0 Å². The molecule has 0 unspecified atom stereocenters. The summed E-state index contributed by atoms with van der Waals surface area (Å²) in [5, 5.41) is 0. The number of amides is 2. The Labute approximate surface area is 101 Å². The molecule has 1 saturated heterocycles. The number of unbranched alkanes of at least 4 members (excludes halogenated alkanes) is 1. The molecule has 5 heteroatoms. The fraction of sp³-hybridized carbons (Fsp3) is 0.700. The molecule has 0 N–H and O–H groups in total. The van der Waals surface area contributed by atoms with E-state index in [0.717, 1.165) is 16.9 Å². The van der Waals surface area contributed by atoms with Gasteiger partial charge in [-0.1, -0.05) is 0 Å². The molecule has 1 aliphatic rings. The van der Waals surface area contributed by atoms with Crippen molar-refractivity contribution in [2.24, 2.45) is 0 Å². The van der Waals surface area contributed by atoms with Gasteiger partial charge >= 0.3 is 101 Å². The molecule has 0 aromatic heterocycles. The van der Waals surface area contributed by atoms with Crippen molar-refractivity contribution >= 4 is 15.8 Å². The average Bonchev–Trinajstić information content (AvgIpc) is 2.57. The van der Waals surface area contributed by atoms with Crippen LogP contribution in [-0.4, -0.2) is 38.8 Å². The third-order valence-corrected chi connectivity index (χ3v) is 3.69. The molecule has 15 heavy (non-hydrogen) atoms. The zero-order valence-corrected chi connectivity index (χ0v) is 12.1. The number of carbonyl (C=O) groups is 2. The number of nitrogens with zero attached hydrogens (tertiary/aromatic N) is 2. The minimum atomic E-state index is 0.0412. The summed E-state index contributed by atoms with van der Waals surface area (Å²) in [4.78, 5) is 26.4.